The Bertz CT molecular complexity index is 507. The van der Waals surface area contributed by atoms with Crippen LogP contribution in [0.15, 0.2) is 0 Å². The molecule has 1 saturated carbocycles. The van der Waals surface area contributed by atoms with Crippen LogP contribution in [0.25, 0.3) is 0 Å². The van der Waals surface area contributed by atoms with Gasteiger partial charge in [0.25, 0.3) is 0 Å². The van der Waals surface area contributed by atoms with Crippen LogP contribution < -0.4 is 10.2 Å². The molecule has 104 valence electrons. The lowest BCUT2D eigenvalue weighted by atomic mass is 10.3. The predicted molar refractivity (Wildman–Crippen MR) is 60.5 cm³/mol. The van der Waals surface area contributed by atoms with Crippen LogP contribution in [0.5, 0.6) is 0 Å². The van der Waals surface area contributed by atoms with E-state index in [1.165, 1.54) is 9.47 Å². The molecule has 1 amide bonds. The van der Waals surface area contributed by atoms with Crippen molar-refractivity contribution in [2.45, 2.75) is 38.1 Å². The molecular weight excluding hydrogens is 261 g/mol. The number of carbonyl (C=O) groups is 1. The van der Waals surface area contributed by atoms with E-state index in [9.17, 15) is 18.0 Å². The molecule has 0 unspecified atom stereocenters. The molecule has 0 radical (unpaired) electrons. The lowest BCUT2D eigenvalue weighted by molar-refractivity contribution is -0.147. The van der Waals surface area contributed by atoms with Gasteiger partial charge >= 0.3 is 6.18 Å². The van der Waals surface area contributed by atoms with Gasteiger partial charge < -0.3 is 9.88 Å². The van der Waals surface area contributed by atoms with Gasteiger partial charge in [-0.25, -0.2) is 4.98 Å². The number of anilines is 1. The molecule has 0 bridgehead atoms. The smallest absolute Gasteiger partial charge is 0.320 e. The number of hydrogen-bond acceptors (Lipinski definition) is 3. The molecule has 1 N–H and O–H groups in total. The summed E-state index contributed by atoms with van der Waals surface area (Å²) in [4.78, 5) is 16.1. The normalized spacial score (nSPS) is 19.1. The molecule has 0 aromatic carbocycles. The first-order chi connectivity index (χ1) is 9.02. The Morgan fingerprint density at radius 2 is 2.16 bits per heavy atom. The summed E-state index contributed by atoms with van der Waals surface area (Å²) in [6, 6.07) is 0.000102. The van der Waals surface area contributed by atoms with E-state index in [0.29, 0.717) is 25.2 Å². The molecular formula is C11H13F3N4O. The number of hydrogen-bond donors (Lipinski definition) is 1. The van der Waals surface area contributed by atoms with Gasteiger partial charge in [0.2, 0.25) is 12.2 Å². The van der Waals surface area contributed by atoms with E-state index in [0.717, 1.165) is 12.8 Å². The fourth-order valence-electron chi connectivity index (χ4n) is 2.37. The van der Waals surface area contributed by atoms with Crippen LogP contribution in [-0.4, -0.2) is 28.5 Å². The zero-order chi connectivity index (χ0) is 13.6. The van der Waals surface area contributed by atoms with E-state index in [-0.39, 0.29) is 18.4 Å². The van der Waals surface area contributed by atoms with Gasteiger partial charge in [-0.3, -0.25) is 9.69 Å². The second-order valence-corrected chi connectivity index (χ2v) is 4.78. The van der Waals surface area contributed by atoms with Crippen molar-refractivity contribution in [3.63, 3.8) is 0 Å². The van der Waals surface area contributed by atoms with Gasteiger partial charge in [0, 0.05) is 25.7 Å². The lowest BCUT2D eigenvalue weighted by Gasteiger charge is -2.21. The summed E-state index contributed by atoms with van der Waals surface area (Å²) in [5.74, 6) is -0.761. The highest BCUT2D eigenvalue weighted by molar-refractivity contribution is 5.76. The van der Waals surface area contributed by atoms with E-state index >= 15 is 0 Å². The fraction of sp³-hybridized carbons (Fsp3) is 0.636. The number of fused-ring (bicyclic) bond motifs is 1. The topological polar surface area (TPSA) is 50.2 Å². The standard InChI is InChI=1S/C11H13F3N4O/c12-11(13,14)10-16-9(18(6-19)7-1-2-7)8-5-15-3-4-17(8)10/h6-7,15H,1-5H2. The zero-order valence-corrected chi connectivity index (χ0v) is 10.1. The minimum atomic E-state index is -4.50. The van der Waals surface area contributed by atoms with Crippen LogP contribution in [0.1, 0.15) is 24.4 Å². The van der Waals surface area contributed by atoms with Gasteiger partial charge in [-0.2, -0.15) is 13.2 Å². The van der Waals surface area contributed by atoms with E-state index in [4.69, 9.17) is 0 Å². The molecule has 1 aromatic rings. The summed E-state index contributed by atoms with van der Waals surface area (Å²) >= 11 is 0. The van der Waals surface area contributed by atoms with Crippen LogP contribution in [0.3, 0.4) is 0 Å². The summed E-state index contributed by atoms with van der Waals surface area (Å²) in [6.45, 7) is 0.987. The number of amides is 1. The minimum absolute atomic E-state index is 0.000102. The number of nitrogens with one attached hydrogen (secondary N) is 1. The third kappa shape index (κ3) is 2.09. The third-order valence-electron chi connectivity index (χ3n) is 3.41. The molecule has 0 atom stereocenters. The molecule has 1 aliphatic heterocycles. The Kier molecular flexibility index (Phi) is 2.77. The Morgan fingerprint density at radius 3 is 2.74 bits per heavy atom. The average molecular weight is 274 g/mol. The Labute approximate surface area is 107 Å². The molecule has 5 nitrogen and oxygen atoms in total. The summed E-state index contributed by atoms with van der Waals surface area (Å²) < 4.78 is 40.1. The largest absolute Gasteiger partial charge is 0.449 e. The first kappa shape index (κ1) is 12.5. The molecule has 1 aliphatic carbocycles. The Morgan fingerprint density at radius 1 is 1.42 bits per heavy atom. The van der Waals surface area contributed by atoms with Gasteiger partial charge in [0.05, 0.1) is 5.69 Å². The van der Waals surface area contributed by atoms with Gasteiger partial charge in [-0.15, -0.1) is 0 Å². The highest BCUT2D eigenvalue weighted by Crippen LogP contribution is 2.37. The third-order valence-corrected chi connectivity index (χ3v) is 3.41. The number of halogens is 3. The first-order valence-corrected chi connectivity index (χ1v) is 6.13. The molecule has 2 aliphatic rings. The predicted octanol–water partition coefficient (Wildman–Crippen LogP) is 1.13. The van der Waals surface area contributed by atoms with Crippen molar-refractivity contribution >= 4 is 12.2 Å². The highest BCUT2D eigenvalue weighted by atomic mass is 19.4. The van der Waals surface area contributed by atoms with Gasteiger partial charge in [-0.1, -0.05) is 0 Å². The number of carbonyl (C=O) groups excluding carboxylic acids is 1. The van der Waals surface area contributed by atoms with E-state index in [1.807, 2.05) is 0 Å². The van der Waals surface area contributed by atoms with Gasteiger partial charge in [0.1, 0.15) is 0 Å². The average Bonchev–Trinajstić information content (AvgIpc) is 3.10. The van der Waals surface area contributed by atoms with Crippen molar-refractivity contribution < 1.29 is 18.0 Å². The minimum Gasteiger partial charge on any atom is -0.320 e. The van der Waals surface area contributed by atoms with Crippen LogP contribution in [0.2, 0.25) is 0 Å². The van der Waals surface area contributed by atoms with Crippen LogP contribution in [-0.2, 0) is 24.1 Å². The maximum Gasteiger partial charge on any atom is 0.449 e. The van der Waals surface area contributed by atoms with E-state index in [2.05, 4.69) is 10.3 Å². The maximum absolute atomic E-state index is 13.0. The van der Waals surface area contributed by atoms with Crippen LogP contribution in [0, 0.1) is 0 Å². The van der Waals surface area contributed by atoms with Crippen molar-refractivity contribution in [3.05, 3.63) is 11.5 Å². The van der Waals surface area contributed by atoms with Crippen molar-refractivity contribution in [3.8, 4) is 0 Å². The van der Waals surface area contributed by atoms with Crippen molar-refractivity contribution in [1.29, 1.82) is 0 Å². The van der Waals surface area contributed by atoms with Crippen molar-refractivity contribution in [2.75, 3.05) is 11.4 Å². The lowest BCUT2D eigenvalue weighted by Crippen LogP contribution is -2.32. The zero-order valence-electron chi connectivity index (χ0n) is 10.1. The molecule has 2 heterocycles. The van der Waals surface area contributed by atoms with Gasteiger partial charge in [-0.05, 0) is 12.8 Å². The summed E-state index contributed by atoms with van der Waals surface area (Å²) in [6.07, 6.45) is -2.28. The fourth-order valence-corrected chi connectivity index (χ4v) is 2.37. The summed E-state index contributed by atoms with van der Waals surface area (Å²) in [5, 5.41) is 3.01. The van der Waals surface area contributed by atoms with Gasteiger partial charge in [0.15, 0.2) is 5.82 Å². The van der Waals surface area contributed by atoms with E-state index < -0.39 is 12.0 Å². The molecule has 1 aromatic heterocycles. The van der Waals surface area contributed by atoms with Crippen molar-refractivity contribution in [1.82, 2.24) is 14.9 Å². The second kappa shape index (κ2) is 4.22. The Balaban J connectivity index is 2.09. The summed E-state index contributed by atoms with van der Waals surface area (Å²) in [7, 11) is 0. The maximum atomic E-state index is 13.0. The van der Waals surface area contributed by atoms with Crippen LogP contribution >= 0.6 is 0 Å². The Hall–Kier alpha value is -1.57. The number of aromatic nitrogens is 2. The van der Waals surface area contributed by atoms with Crippen molar-refractivity contribution in [2.24, 2.45) is 0 Å². The number of rotatable bonds is 3. The summed E-state index contributed by atoms with van der Waals surface area (Å²) in [5.41, 5.74) is 0.442. The number of alkyl halides is 3. The molecule has 8 heteroatoms. The molecule has 0 saturated heterocycles. The molecule has 1 fully saturated rings. The van der Waals surface area contributed by atoms with Crippen LogP contribution in [0.4, 0.5) is 19.0 Å². The monoisotopic (exact) mass is 274 g/mol. The first-order valence-electron chi connectivity index (χ1n) is 6.13. The molecule has 19 heavy (non-hydrogen) atoms. The highest BCUT2D eigenvalue weighted by Gasteiger charge is 2.42. The second-order valence-electron chi connectivity index (χ2n) is 4.78. The number of nitrogens with zero attached hydrogens (tertiary/aromatic N) is 3. The quantitative estimate of drug-likeness (QED) is 0.841. The number of imidazole rings is 1. The molecule has 3 rings (SSSR count). The van der Waals surface area contributed by atoms with E-state index in [1.54, 1.807) is 0 Å². The SMILES string of the molecule is O=CN(c1nc(C(F)(F)F)n2c1CNCC2)C1CC1. The molecule has 0 spiro atoms.